The Hall–Kier alpha value is -2.47. The first-order chi connectivity index (χ1) is 13.8. The van der Waals surface area contributed by atoms with Crippen LogP contribution < -0.4 is 10.2 Å². The van der Waals surface area contributed by atoms with Crippen molar-refractivity contribution in [2.45, 2.75) is 32.1 Å². The monoisotopic (exact) mass is 379 g/mol. The van der Waals surface area contributed by atoms with Gasteiger partial charge in [-0.1, -0.05) is 18.6 Å². The standard InChI is InChI=1S/C22H29N5O/c28-22(23-10-15-26-11-2-1-3-12-26)19-8-6-18(7-9-19)20-16-21(25-17-24-20)27-13-4-5-14-27/h6-9,16-17H,1-5,10-15H2,(H,23,28). The van der Waals surface area contributed by atoms with E-state index in [1.54, 1.807) is 6.33 Å². The molecule has 0 unspecified atom stereocenters. The second-order valence-electron chi connectivity index (χ2n) is 7.69. The quantitative estimate of drug-likeness (QED) is 0.836. The van der Waals surface area contributed by atoms with Gasteiger partial charge in [-0.15, -0.1) is 0 Å². The van der Waals surface area contributed by atoms with Crippen LogP contribution in [0.5, 0.6) is 0 Å². The first-order valence-corrected chi connectivity index (χ1v) is 10.5. The molecule has 0 saturated carbocycles. The first-order valence-electron chi connectivity index (χ1n) is 10.5. The maximum absolute atomic E-state index is 12.4. The molecule has 0 radical (unpaired) electrons. The van der Waals surface area contributed by atoms with Crippen LogP contribution in [-0.4, -0.2) is 60.0 Å². The van der Waals surface area contributed by atoms with E-state index in [4.69, 9.17) is 0 Å². The molecule has 2 saturated heterocycles. The van der Waals surface area contributed by atoms with E-state index >= 15 is 0 Å². The fourth-order valence-corrected chi connectivity index (χ4v) is 4.03. The molecular weight excluding hydrogens is 350 g/mol. The first kappa shape index (κ1) is 18.9. The summed E-state index contributed by atoms with van der Waals surface area (Å²) in [5.74, 6) is 0.978. The topological polar surface area (TPSA) is 61.4 Å². The van der Waals surface area contributed by atoms with Gasteiger partial charge in [0.25, 0.3) is 5.91 Å². The average Bonchev–Trinajstić information content (AvgIpc) is 3.30. The molecule has 0 atom stereocenters. The van der Waals surface area contributed by atoms with Crippen molar-refractivity contribution in [3.05, 3.63) is 42.2 Å². The largest absolute Gasteiger partial charge is 0.357 e. The normalized spacial score (nSPS) is 17.6. The van der Waals surface area contributed by atoms with Crippen LogP contribution in [0.2, 0.25) is 0 Å². The van der Waals surface area contributed by atoms with Gasteiger partial charge in [0.15, 0.2) is 0 Å². The summed E-state index contributed by atoms with van der Waals surface area (Å²) in [4.78, 5) is 26.0. The summed E-state index contributed by atoms with van der Waals surface area (Å²) in [6, 6.07) is 9.73. The minimum atomic E-state index is -0.0102. The van der Waals surface area contributed by atoms with Gasteiger partial charge in [0.2, 0.25) is 0 Å². The van der Waals surface area contributed by atoms with Crippen LogP contribution in [-0.2, 0) is 0 Å². The van der Waals surface area contributed by atoms with Crippen molar-refractivity contribution in [1.82, 2.24) is 20.2 Å². The Labute approximate surface area is 167 Å². The lowest BCUT2D eigenvalue weighted by Crippen LogP contribution is -2.37. The molecule has 6 heteroatoms. The fourth-order valence-electron chi connectivity index (χ4n) is 4.03. The minimum Gasteiger partial charge on any atom is -0.357 e. The zero-order chi connectivity index (χ0) is 19.2. The Balaban J connectivity index is 1.34. The van der Waals surface area contributed by atoms with Gasteiger partial charge in [-0.05, 0) is 50.9 Å². The zero-order valence-corrected chi connectivity index (χ0v) is 16.4. The predicted octanol–water partition coefficient (Wildman–Crippen LogP) is 2.96. The number of aromatic nitrogens is 2. The predicted molar refractivity (Wildman–Crippen MR) is 112 cm³/mol. The molecule has 3 heterocycles. The van der Waals surface area contributed by atoms with E-state index in [1.807, 2.05) is 30.3 Å². The van der Waals surface area contributed by atoms with E-state index in [0.717, 1.165) is 49.8 Å². The molecular formula is C22H29N5O. The number of hydrogen-bond donors (Lipinski definition) is 1. The molecule has 2 aliphatic heterocycles. The molecule has 0 bridgehead atoms. The lowest BCUT2D eigenvalue weighted by molar-refractivity contribution is 0.0946. The van der Waals surface area contributed by atoms with Gasteiger partial charge < -0.3 is 15.1 Å². The maximum atomic E-state index is 12.4. The van der Waals surface area contributed by atoms with E-state index in [0.29, 0.717) is 12.1 Å². The van der Waals surface area contributed by atoms with Gasteiger partial charge in [0.05, 0.1) is 5.69 Å². The number of rotatable bonds is 6. The van der Waals surface area contributed by atoms with Crippen LogP contribution in [0.1, 0.15) is 42.5 Å². The summed E-state index contributed by atoms with van der Waals surface area (Å²) in [5.41, 5.74) is 2.60. The molecule has 2 aliphatic rings. The van der Waals surface area contributed by atoms with Crippen LogP contribution >= 0.6 is 0 Å². The number of benzene rings is 1. The molecule has 2 fully saturated rings. The van der Waals surface area contributed by atoms with Crippen molar-refractivity contribution in [2.75, 3.05) is 44.2 Å². The summed E-state index contributed by atoms with van der Waals surface area (Å²) in [6.45, 7) is 6.07. The molecule has 4 rings (SSSR count). The second-order valence-corrected chi connectivity index (χ2v) is 7.69. The minimum absolute atomic E-state index is 0.0102. The Kier molecular flexibility index (Phi) is 6.17. The summed E-state index contributed by atoms with van der Waals surface area (Å²) in [5, 5.41) is 3.04. The third-order valence-corrected chi connectivity index (χ3v) is 5.69. The summed E-state index contributed by atoms with van der Waals surface area (Å²) >= 11 is 0. The summed E-state index contributed by atoms with van der Waals surface area (Å²) < 4.78 is 0. The Bertz CT molecular complexity index is 780. The van der Waals surface area contributed by atoms with Gasteiger partial charge in [-0.25, -0.2) is 9.97 Å². The number of likely N-dealkylation sites (tertiary alicyclic amines) is 1. The lowest BCUT2D eigenvalue weighted by atomic mass is 10.1. The zero-order valence-electron chi connectivity index (χ0n) is 16.4. The third-order valence-electron chi connectivity index (χ3n) is 5.69. The summed E-state index contributed by atoms with van der Waals surface area (Å²) in [7, 11) is 0. The molecule has 1 aromatic carbocycles. The molecule has 0 spiro atoms. The smallest absolute Gasteiger partial charge is 0.251 e. The highest BCUT2D eigenvalue weighted by Gasteiger charge is 2.15. The Morgan fingerprint density at radius 1 is 0.929 bits per heavy atom. The van der Waals surface area contributed by atoms with E-state index in [9.17, 15) is 4.79 Å². The second kappa shape index (κ2) is 9.15. The number of amides is 1. The van der Waals surface area contributed by atoms with Crippen LogP contribution in [0.3, 0.4) is 0 Å². The van der Waals surface area contributed by atoms with Gasteiger partial charge in [0, 0.05) is 43.4 Å². The van der Waals surface area contributed by atoms with Crippen LogP contribution in [0.4, 0.5) is 5.82 Å². The molecule has 1 aromatic heterocycles. The van der Waals surface area contributed by atoms with Gasteiger partial charge in [0.1, 0.15) is 12.1 Å². The van der Waals surface area contributed by atoms with Crippen LogP contribution in [0.15, 0.2) is 36.7 Å². The molecule has 1 amide bonds. The molecule has 2 aromatic rings. The Morgan fingerprint density at radius 3 is 2.39 bits per heavy atom. The number of nitrogens with one attached hydrogen (secondary N) is 1. The molecule has 1 N–H and O–H groups in total. The van der Waals surface area contributed by atoms with Gasteiger partial charge in [-0.2, -0.15) is 0 Å². The van der Waals surface area contributed by atoms with Gasteiger partial charge >= 0.3 is 0 Å². The van der Waals surface area contributed by atoms with Crippen molar-refractivity contribution in [1.29, 1.82) is 0 Å². The number of hydrogen-bond acceptors (Lipinski definition) is 5. The molecule has 0 aliphatic carbocycles. The van der Waals surface area contributed by atoms with E-state index in [-0.39, 0.29) is 5.91 Å². The summed E-state index contributed by atoms with van der Waals surface area (Å²) in [6.07, 6.45) is 7.96. The number of carbonyl (C=O) groups is 1. The molecule has 148 valence electrons. The van der Waals surface area contributed by atoms with Crippen molar-refractivity contribution in [3.63, 3.8) is 0 Å². The molecule has 28 heavy (non-hydrogen) atoms. The van der Waals surface area contributed by atoms with E-state index in [2.05, 4.69) is 25.1 Å². The highest BCUT2D eigenvalue weighted by molar-refractivity contribution is 5.94. The van der Waals surface area contributed by atoms with Crippen LogP contribution in [0.25, 0.3) is 11.3 Å². The van der Waals surface area contributed by atoms with Crippen molar-refractivity contribution < 1.29 is 4.79 Å². The maximum Gasteiger partial charge on any atom is 0.251 e. The number of anilines is 1. The van der Waals surface area contributed by atoms with E-state index in [1.165, 1.54) is 32.1 Å². The van der Waals surface area contributed by atoms with Gasteiger partial charge in [-0.3, -0.25) is 4.79 Å². The highest BCUT2D eigenvalue weighted by atomic mass is 16.1. The number of carbonyl (C=O) groups excluding carboxylic acids is 1. The van der Waals surface area contributed by atoms with Crippen molar-refractivity contribution in [3.8, 4) is 11.3 Å². The van der Waals surface area contributed by atoms with Crippen molar-refractivity contribution >= 4 is 11.7 Å². The molecule has 6 nitrogen and oxygen atoms in total. The fraction of sp³-hybridized carbons (Fsp3) is 0.500. The van der Waals surface area contributed by atoms with E-state index < -0.39 is 0 Å². The Morgan fingerprint density at radius 2 is 1.64 bits per heavy atom. The highest BCUT2D eigenvalue weighted by Crippen LogP contribution is 2.23. The number of nitrogens with zero attached hydrogens (tertiary/aromatic N) is 4. The average molecular weight is 380 g/mol. The third kappa shape index (κ3) is 4.68. The van der Waals surface area contributed by atoms with Crippen LogP contribution in [0, 0.1) is 0 Å². The lowest BCUT2D eigenvalue weighted by Gasteiger charge is -2.26. The number of piperidine rings is 1. The van der Waals surface area contributed by atoms with Crippen molar-refractivity contribution in [2.24, 2.45) is 0 Å². The SMILES string of the molecule is O=C(NCCN1CCCCC1)c1ccc(-c2cc(N3CCCC3)ncn2)cc1.